The average Bonchev–Trinajstić information content (AvgIpc) is 2.34. The third-order valence-corrected chi connectivity index (χ3v) is 3.25. The molecule has 6 heteroatoms. The van der Waals surface area contributed by atoms with E-state index >= 15 is 0 Å². The van der Waals surface area contributed by atoms with Crippen LogP contribution in [0.25, 0.3) is 0 Å². The van der Waals surface area contributed by atoms with Gasteiger partial charge in [-0.2, -0.15) is 0 Å². The third-order valence-electron chi connectivity index (χ3n) is 2.14. The van der Waals surface area contributed by atoms with Gasteiger partial charge in [0, 0.05) is 16.4 Å². The van der Waals surface area contributed by atoms with E-state index in [1.807, 2.05) is 0 Å². The summed E-state index contributed by atoms with van der Waals surface area (Å²) in [5, 5.41) is 2.57. The third kappa shape index (κ3) is 3.14. The van der Waals surface area contributed by atoms with Crippen LogP contribution in [-0.4, -0.2) is 10.9 Å². The Bertz CT molecular complexity index is 587. The molecule has 92 valence electrons. The molecular formula is C12H7Br2FN2O. The van der Waals surface area contributed by atoms with Crippen LogP contribution in [0.15, 0.2) is 45.5 Å². The SMILES string of the molecule is O=C(Nc1ccc(Br)c(F)c1)c1ccc(Br)cn1. The zero-order valence-electron chi connectivity index (χ0n) is 8.95. The average molecular weight is 374 g/mol. The van der Waals surface area contributed by atoms with Crippen LogP contribution in [0.4, 0.5) is 10.1 Å². The van der Waals surface area contributed by atoms with Gasteiger partial charge in [0.2, 0.25) is 0 Å². The van der Waals surface area contributed by atoms with Crippen LogP contribution in [-0.2, 0) is 0 Å². The highest BCUT2D eigenvalue weighted by molar-refractivity contribution is 9.10. The van der Waals surface area contributed by atoms with Gasteiger partial charge in [0.05, 0.1) is 4.47 Å². The van der Waals surface area contributed by atoms with Crippen LogP contribution in [0.5, 0.6) is 0 Å². The first-order valence-electron chi connectivity index (χ1n) is 4.94. The van der Waals surface area contributed by atoms with Crippen LogP contribution in [0.2, 0.25) is 0 Å². The molecule has 18 heavy (non-hydrogen) atoms. The number of hydrogen-bond donors (Lipinski definition) is 1. The van der Waals surface area contributed by atoms with Crippen molar-refractivity contribution in [2.45, 2.75) is 0 Å². The summed E-state index contributed by atoms with van der Waals surface area (Å²) in [5.74, 6) is -0.819. The molecular weight excluding hydrogens is 367 g/mol. The Hall–Kier alpha value is -1.27. The number of pyridine rings is 1. The molecule has 0 unspecified atom stereocenters. The Kier molecular flexibility index (Phi) is 4.08. The van der Waals surface area contributed by atoms with Gasteiger partial charge in [-0.15, -0.1) is 0 Å². The van der Waals surface area contributed by atoms with Gasteiger partial charge >= 0.3 is 0 Å². The summed E-state index contributed by atoms with van der Waals surface area (Å²) in [4.78, 5) is 15.8. The molecule has 0 radical (unpaired) electrons. The van der Waals surface area contributed by atoms with E-state index in [0.29, 0.717) is 10.2 Å². The Morgan fingerprint density at radius 3 is 2.61 bits per heavy atom. The molecule has 0 atom stereocenters. The van der Waals surface area contributed by atoms with Gasteiger partial charge < -0.3 is 5.32 Å². The summed E-state index contributed by atoms with van der Waals surface area (Å²) in [6.07, 6.45) is 1.52. The Morgan fingerprint density at radius 1 is 1.22 bits per heavy atom. The maximum Gasteiger partial charge on any atom is 0.274 e. The molecule has 0 bridgehead atoms. The molecule has 0 aliphatic carbocycles. The topological polar surface area (TPSA) is 42.0 Å². The summed E-state index contributed by atoms with van der Waals surface area (Å²) in [5.41, 5.74) is 0.645. The predicted molar refractivity (Wildman–Crippen MR) is 74.0 cm³/mol. The highest BCUT2D eigenvalue weighted by Crippen LogP contribution is 2.19. The number of carbonyl (C=O) groups is 1. The molecule has 0 spiro atoms. The number of hydrogen-bond acceptors (Lipinski definition) is 2. The van der Waals surface area contributed by atoms with E-state index < -0.39 is 5.82 Å². The number of amides is 1. The fourth-order valence-corrected chi connectivity index (χ4v) is 1.76. The quantitative estimate of drug-likeness (QED) is 0.864. The van der Waals surface area contributed by atoms with Crippen LogP contribution >= 0.6 is 31.9 Å². The lowest BCUT2D eigenvalue weighted by atomic mass is 10.3. The normalized spacial score (nSPS) is 10.2. The van der Waals surface area contributed by atoms with E-state index in [-0.39, 0.29) is 11.6 Å². The summed E-state index contributed by atoms with van der Waals surface area (Å²) < 4.78 is 14.4. The lowest BCUT2D eigenvalue weighted by molar-refractivity contribution is 0.102. The molecule has 0 saturated heterocycles. The van der Waals surface area contributed by atoms with Crippen molar-refractivity contribution in [3.05, 3.63) is 57.0 Å². The van der Waals surface area contributed by atoms with Gasteiger partial charge in [0.25, 0.3) is 5.91 Å². The van der Waals surface area contributed by atoms with Gasteiger partial charge in [-0.25, -0.2) is 9.37 Å². The summed E-state index contributed by atoms with van der Waals surface area (Å²) in [7, 11) is 0. The van der Waals surface area contributed by atoms with Gasteiger partial charge in [-0.05, 0) is 62.2 Å². The monoisotopic (exact) mass is 372 g/mol. The van der Waals surface area contributed by atoms with Gasteiger partial charge in [0.1, 0.15) is 11.5 Å². The minimum absolute atomic E-state index is 0.265. The number of benzene rings is 1. The molecule has 0 fully saturated rings. The second-order valence-corrected chi connectivity index (χ2v) is 5.21. The van der Waals surface area contributed by atoms with Gasteiger partial charge in [0.15, 0.2) is 0 Å². The predicted octanol–water partition coefficient (Wildman–Crippen LogP) is 4.00. The standard InChI is InChI=1S/C12H7Br2FN2O/c13-7-1-4-11(16-6-7)12(18)17-8-2-3-9(14)10(15)5-8/h1-6H,(H,17,18). The van der Waals surface area contributed by atoms with Gasteiger partial charge in [-0.3, -0.25) is 4.79 Å². The van der Waals surface area contributed by atoms with E-state index in [9.17, 15) is 9.18 Å². The Labute approximate surface area is 120 Å². The fourth-order valence-electron chi connectivity index (χ4n) is 1.28. The molecule has 0 aliphatic heterocycles. The number of anilines is 1. The van der Waals surface area contributed by atoms with Crippen molar-refractivity contribution in [1.29, 1.82) is 0 Å². The molecule has 1 N–H and O–H groups in total. The largest absolute Gasteiger partial charge is 0.321 e. The zero-order valence-corrected chi connectivity index (χ0v) is 12.1. The minimum atomic E-state index is -0.434. The molecule has 1 heterocycles. The summed E-state index contributed by atoms with van der Waals surface area (Å²) in [6.45, 7) is 0. The van der Waals surface area contributed by atoms with Crippen LogP contribution in [0.3, 0.4) is 0 Å². The van der Waals surface area contributed by atoms with Crippen LogP contribution in [0.1, 0.15) is 10.5 Å². The minimum Gasteiger partial charge on any atom is -0.321 e. The van der Waals surface area contributed by atoms with E-state index in [1.54, 1.807) is 18.2 Å². The van der Waals surface area contributed by atoms with Crippen molar-refractivity contribution < 1.29 is 9.18 Å². The number of aromatic nitrogens is 1. The zero-order chi connectivity index (χ0) is 13.1. The highest BCUT2D eigenvalue weighted by atomic mass is 79.9. The highest BCUT2D eigenvalue weighted by Gasteiger charge is 2.08. The van der Waals surface area contributed by atoms with E-state index in [4.69, 9.17) is 0 Å². The lowest BCUT2D eigenvalue weighted by Gasteiger charge is -2.05. The molecule has 2 rings (SSSR count). The smallest absolute Gasteiger partial charge is 0.274 e. The second-order valence-electron chi connectivity index (χ2n) is 3.44. The van der Waals surface area contributed by atoms with Crippen molar-refractivity contribution in [2.24, 2.45) is 0 Å². The first-order chi connectivity index (χ1) is 8.56. The molecule has 0 aliphatic rings. The first kappa shape index (κ1) is 13.2. The molecule has 0 saturated carbocycles. The molecule has 1 aromatic heterocycles. The van der Waals surface area contributed by atoms with Crippen molar-refractivity contribution in [3.63, 3.8) is 0 Å². The van der Waals surface area contributed by atoms with Crippen molar-refractivity contribution in [2.75, 3.05) is 5.32 Å². The van der Waals surface area contributed by atoms with E-state index in [2.05, 4.69) is 42.2 Å². The summed E-state index contributed by atoms with van der Waals surface area (Å²) in [6, 6.07) is 7.66. The van der Waals surface area contributed by atoms with Crippen molar-refractivity contribution in [1.82, 2.24) is 4.98 Å². The second kappa shape index (κ2) is 5.58. The Morgan fingerprint density at radius 2 is 2.00 bits per heavy atom. The van der Waals surface area contributed by atoms with Crippen molar-refractivity contribution >= 4 is 43.5 Å². The maximum atomic E-state index is 13.3. The maximum absolute atomic E-state index is 13.3. The van der Waals surface area contributed by atoms with Crippen LogP contribution < -0.4 is 5.32 Å². The lowest BCUT2D eigenvalue weighted by Crippen LogP contribution is -2.13. The van der Waals surface area contributed by atoms with Crippen LogP contribution in [0, 0.1) is 5.82 Å². The fraction of sp³-hybridized carbons (Fsp3) is 0. The molecule has 3 nitrogen and oxygen atoms in total. The number of rotatable bonds is 2. The Balaban J connectivity index is 2.16. The number of nitrogens with one attached hydrogen (secondary N) is 1. The summed E-state index contributed by atoms with van der Waals surface area (Å²) >= 11 is 6.27. The number of nitrogens with zero attached hydrogens (tertiary/aromatic N) is 1. The number of halogens is 3. The van der Waals surface area contributed by atoms with E-state index in [0.717, 1.165) is 4.47 Å². The first-order valence-corrected chi connectivity index (χ1v) is 6.53. The van der Waals surface area contributed by atoms with Crippen molar-refractivity contribution in [3.8, 4) is 0 Å². The number of carbonyl (C=O) groups excluding carboxylic acids is 1. The molecule has 2 aromatic rings. The molecule has 1 aromatic carbocycles. The molecule has 1 amide bonds. The van der Waals surface area contributed by atoms with Gasteiger partial charge in [-0.1, -0.05) is 0 Å². The van der Waals surface area contributed by atoms with E-state index in [1.165, 1.54) is 18.3 Å².